The van der Waals surface area contributed by atoms with Gasteiger partial charge in [-0.3, -0.25) is 4.79 Å². The summed E-state index contributed by atoms with van der Waals surface area (Å²) >= 11 is 0. The van der Waals surface area contributed by atoms with Gasteiger partial charge in [-0.25, -0.2) is 4.79 Å². The monoisotopic (exact) mass is 345 g/mol. The quantitative estimate of drug-likeness (QED) is 0.838. The minimum absolute atomic E-state index is 0.199. The molecule has 0 spiro atoms. The van der Waals surface area contributed by atoms with Crippen molar-refractivity contribution in [1.82, 2.24) is 5.32 Å². The molecule has 0 aliphatic carbocycles. The van der Waals surface area contributed by atoms with E-state index in [1.807, 2.05) is 6.07 Å². The summed E-state index contributed by atoms with van der Waals surface area (Å²) in [7, 11) is 0. The van der Waals surface area contributed by atoms with Crippen LogP contribution < -0.4 is 14.8 Å². The molecule has 1 atom stereocenters. The Morgan fingerprint density at radius 3 is 2.68 bits per heavy atom. The zero-order valence-corrected chi connectivity index (χ0v) is 14.3. The summed E-state index contributed by atoms with van der Waals surface area (Å²) in [5.41, 5.74) is 1.19. The van der Waals surface area contributed by atoms with Crippen molar-refractivity contribution < 1.29 is 28.2 Å². The molecular formula is C18H19NO6. The van der Waals surface area contributed by atoms with E-state index in [2.05, 4.69) is 5.32 Å². The van der Waals surface area contributed by atoms with E-state index < -0.39 is 12.1 Å². The second-order valence-electron chi connectivity index (χ2n) is 5.78. The number of aryl methyl sites for hydroxylation is 2. The van der Waals surface area contributed by atoms with Gasteiger partial charge in [0.15, 0.2) is 17.6 Å². The van der Waals surface area contributed by atoms with Crippen LogP contribution in [0, 0.1) is 13.8 Å². The summed E-state index contributed by atoms with van der Waals surface area (Å²) in [4.78, 5) is 24.2. The van der Waals surface area contributed by atoms with Gasteiger partial charge in [0.05, 0.1) is 0 Å². The smallest absolute Gasteiger partial charge is 0.342 e. The molecule has 25 heavy (non-hydrogen) atoms. The van der Waals surface area contributed by atoms with E-state index in [1.54, 1.807) is 32.0 Å². The van der Waals surface area contributed by atoms with Gasteiger partial charge in [0.2, 0.25) is 6.79 Å². The lowest BCUT2D eigenvalue weighted by molar-refractivity contribution is -0.129. The van der Waals surface area contributed by atoms with E-state index in [0.29, 0.717) is 35.1 Å². The lowest BCUT2D eigenvalue weighted by Crippen LogP contribution is -2.35. The Hall–Kier alpha value is -2.96. The number of carbonyl (C=O) groups is 2. The van der Waals surface area contributed by atoms with Crippen molar-refractivity contribution in [1.29, 1.82) is 0 Å². The molecular weight excluding hydrogens is 326 g/mol. The van der Waals surface area contributed by atoms with Crippen LogP contribution in [0.4, 0.5) is 0 Å². The molecule has 132 valence electrons. The predicted molar refractivity (Wildman–Crippen MR) is 87.5 cm³/mol. The van der Waals surface area contributed by atoms with Crippen molar-refractivity contribution in [2.75, 3.05) is 6.79 Å². The molecule has 0 unspecified atom stereocenters. The minimum Gasteiger partial charge on any atom is -0.466 e. The van der Waals surface area contributed by atoms with Gasteiger partial charge in [-0.2, -0.15) is 0 Å². The molecule has 7 nitrogen and oxygen atoms in total. The Morgan fingerprint density at radius 2 is 1.96 bits per heavy atom. The molecule has 2 aromatic rings. The standard InChI is InChI=1S/C18H19NO6/c1-10-6-14(11(2)24-10)18(21)25-12(3)17(20)19-8-13-4-5-15-16(7-13)23-9-22-15/h4-7,12H,8-9H2,1-3H3,(H,19,20)/t12-/m1/s1. The van der Waals surface area contributed by atoms with E-state index in [0.717, 1.165) is 5.56 Å². The van der Waals surface area contributed by atoms with Crippen LogP contribution in [0.2, 0.25) is 0 Å². The van der Waals surface area contributed by atoms with Gasteiger partial charge in [0, 0.05) is 6.54 Å². The minimum atomic E-state index is -0.920. The Labute approximate surface area is 144 Å². The molecule has 0 saturated carbocycles. The zero-order chi connectivity index (χ0) is 18.0. The first-order valence-corrected chi connectivity index (χ1v) is 7.88. The highest BCUT2D eigenvalue weighted by Gasteiger charge is 2.22. The number of furan rings is 1. The number of ether oxygens (including phenoxy) is 3. The Kier molecular flexibility index (Phi) is 4.65. The molecule has 1 aromatic carbocycles. The maximum absolute atomic E-state index is 12.1. The first-order valence-electron chi connectivity index (χ1n) is 7.88. The summed E-state index contributed by atoms with van der Waals surface area (Å²) in [6.45, 7) is 5.43. The molecule has 3 rings (SSSR count). The molecule has 0 fully saturated rings. The van der Waals surface area contributed by atoms with E-state index in [-0.39, 0.29) is 12.7 Å². The predicted octanol–water partition coefficient (Wildman–Crippen LogP) is 2.49. The van der Waals surface area contributed by atoms with Crippen LogP contribution >= 0.6 is 0 Å². The molecule has 2 heterocycles. The van der Waals surface area contributed by atoms with Crippen LogP contribution in [-0.2, 0) is 16.1 Å². The fraction of sp³-hybridized carbons (Fsp3) is 0.333. The average Bonchev–Trinajstić information content (AvgIpc) is 3.17. The fourth-order valence-corrected chi connectivity index (χ4v) is 2.49. The Morgan fingerprint density at radius 1 is 1.20 bits per heavy atom. The van der Waals surface area contributed by atoms with E-state index >= 15 is 0 Å². The van der Waals surface area contributed by atoms with Crippen molar-refractivity contribution in [2.24, 2.45) is 0 Å². The van der Waals surface area contributed by atoms with Crippen molar-refractivity contribution in [3.05, 3.63) is 46.9 Å². The van der Waals surface area contributed by atoms with Crippen molar-refractivity contribution in [3.63, 3.8) is 0 Å². The molecule has 1 aliphatic heterocycles. The third-order valence-electron chi connectivity index (χ3n) is 3.82. The van der Waals surface area contributed by atoms with Gasteiger partial charge in [0.25, 0.3) is 5.91 Å². The summed E-state index contributed by atoms with van der Waals surface area (Å²) in [5.74, 6) is 1.45. The van der Waals surface area contributed by atoms with Crippen molar-refractivity contribution in [2.45, 2.75) is 33.4 Å². The molecule has 0 bridgehead atoms. The molecule has 0 radical (unpaired) electrons. The number of rotatable bonds is 5. The number of amides is 1. The molecule has 1 aliphatic rings. The molecule has 1 aromatic heterocycles. The number of esters is 1. The van der Waals surface area contributed by atoms with Gasteiger partial charge in [-0.15, -0.1) is 0 Å². The highest BCUT2D eigenvalue weighted by Crippen LogP contribution is 2.32. The summed E-state index contributed by atoms with van der Waals surface area (Å²) in [6, 6.07) is 7.02. The van der Waals surface area contributed by atoms with Gasteiger partial charge in [-0.1, -0.05) is 6.07 Å². The maximum Gasteiger partial charge on any atom is 0.342 e. The first-order chi connectivity index (χ1) is 11.9. The van der Waals surface area contributed by atoms with Gasteiger partial charge >= 0.3 is 5.97 Å². The molecule has 7 heteroatoms. The second-order valence-corrected chi connectivity index (χ2v) is 5.78. The average molecular weight is 345 g/mol. The number of carbonyl (C=O) groups excluding carboxylic acids is 2. The Bertz CT molecular complexity index is 810. The van der Waals surface area contributed by atoms with Gasteiger partial charge < -0.3 is 23.9 Å². The Balaban J connectivity index is 1.54. The number of hydrogen-bond acceptors (Lipinski definition) is 6. The number of hydrogen-bond donors (Lipinski definition) is 1. The van der Waals surface area contributed by atoms with E-state index in [9.17, 15) is 9.59 Å². The highest BCUT2D eigenvalue weighted by molar-refractivity contribution is 5.93. The van der Waals surface area contributed by atoms with Crippen LogP contribution in [0.3, 0.4) is 0 Å². The van der Waals surface area contributed by atoms with E-state index in [1.165, 1.54) is 6.92 Å². The number of fused-ring (bicyclic) bond motifs is 1. The molecule has 0 saturated heterocycles. The highest BCUT2D eigenvalue weighted by atomic mass is 16.7. The van der Waals surface area contributed by atoms with E-state index in [4.69, 9.17) is 18.6 Å². The van der Waals surface area contributed by atoms with Crippen LogP contribution in [0.5, 0.6) is 11.5 Å². The normalized spacial score (nSPS) is 13.4. The SMILES string of the molecule is Cc1cc(C(=O)O[C@H](C)C(=O)NCc2ccc3c(c2)OCO3)c(C)o1. The zero-order valence-electron chi connectivity index (χ0n) is 14.3. The maximum atomic E-state index is 12.1. The summed E-state index contributed by atoms with van der Waals surface area (Å²) in [6.07, 6.45) is -0.920. The van der Waals surface area contributed by atoms with Crippen molar-refractivity contribution >= 4 is 11.9 Å². The van der Waals surface area contributed by atoms with Crippen LogP contribution in [0.1, 0.15) is 34.4 Å². The van der Waals surface area contributed by atoms with Crippen LogP contribution in [-0.4, -0.2) is 24.8 Å². The lowest BCUT2D eigenvalue weighted by atomic mass is 10.2. The third kappa shape index (κ3) is 3.76. The lowest BCUT2D eigenvalue weighted by Gasteiger charge is -2.13. The summed E-state index contributed by atoms with van der Waals surface area (Å²) < 4.78 is 21.0. The van der Waals surface area contributed by atoms with Gasteiger partial charge in [-0.05, 0) is 44.5 Å². The third-order valence-corrected chi connectivity index (χ3v) is 3.82. The first kappa shape index (κ1) is 16.9. The summed E-state index contributed by atoms with van der Waals surface area (Å²) in [5, 5.41) is 2.73. The number of benzene rings is 1. The molecule has 1 amide bonds. The fourth-order valence-electron chi connectivity index (χ4n) is 2.49. The largest absolute Gasteiger partial charge is 0.466 e. The van der Waals surface area contributed by atoms with Crippen LogP contribution in [0.15, 0.2) is 28.7 Å². The topological polar surface area (TPSA) is 87.0 Å². The van der Waals surface area contributed by atoms with Crippen LogP contribution in [0.25, 0.3) is 0 Å². The van der Waals surface area contributed by atoms with Crippen molar-refractivity contribution in [3.8, 4) is 11.5 Å². The molecule has 1 N–H and O–H groups in total. The number of nitrogens with one attached hydrogen (secondary N) is 1. The second kappa shape index (κ2) is 6.88. The van der Waals surface area contributed by atoms with Gasteiger partial charge in [0.1, 0.15) is 17.1 Å².